The van der Waals surface area contributed by atoms with Crippen molar-refractivity contribution in [2.24, 2.45) is 5.92 Å². The second-order valence-corrected chi connectivity index (χ2v) is 5.73. The van der Waals surface area contributed by atoms with Crippen molar-refractivity contribution in [3.63, 3.8) is 0 Å². The van der Waals surface area contributed by atoms with Crippen LogP contribution in [-0.4, -0.2) is 23.6 Å². The van der Waals surface area contributed by atoms with Crippen LogP contribution in [0.25, 0.3) is 0 Å². The van der Waals surface area contributed by atoms with E-state index < -0.39 is 30.4 Å². The number of rotatable bonds is 4. The maximum Gasteiger partial charge on any atom is 0.406 e. The van der Waals surface area contributed by atoms with Crippen LogP contribution in [0.2, 0.25) is 0 Å². The van der Waals surface area contributed by atoms with E-state index in [1.54, 1.807) is 12.1 Å². The highest BCUT2D eigenvalue weighted by atomic mass is 19.4. The molecule has 1 aromatic heterocycles. The van der Waals surface area contributed by atoms with Gasteiger partial charge in [-0.1, -0.05) is 18.2 Å². The number of aromatic nitrogens is 1. The van der Waals surface area contributed by atoms with Crippen LogP contribution in [0.1, 0.15) is 17.9 Å². The van der Waals surface area contributed by atoms with Gasteiger partial charge in [0.25, 0.3) is 0 Å². The molecule has 0 unspecified atom stereocenters. The molecule has 1 amide bonds. The standard InChI is InChI=1S/C17H14F4N2O/c18-12-5-3-4-11(8-12)13-9-14(13)16(24)23(10-17(19,20)21)15-6-1-2-7-22-15/h1-8,13-14H,9-10H2/t13-,14+/m1/s1. The second kappa shape index (κ2) is 6.22. The molecule has 0 aliphatic heterocycles. The predicted molar refractivity (Wildman–Crippen MR) is 79.9 cm³/mol. The summed E-state index contributed by atoms with van der Waals surface area (Å²) in [6, 6.07) is 10.2. The number of nitrogens with zero attached hydrogens (tertiary/aromatic N) is 2. The van der Waals surface area contributed by atoms with Crippen LogP contribution < -0.4 is 4.90 Å². The van der Waals surface area contributed by atoms with E-state index in [0.29, 0.717) is 16.9 Å². The third-order valence-corrected chi connectivity index (χ3v) is 3.91. The molecule has 3 rings (SSSR count). The largest absolute Gasteiger partial charge is 0.406 e. The number of halogens is 4. The summed E-state index contributed by atoms with van der Waals surface area (Å²) in [5.41, 5.74) is 0.626. The molecule has 2 aromatic rings. The number of carbonyl (C=O) groups excluding carboxylic acids is 1. The van der Waals surface area contributed by atoms with Crippen LogP contribution in [0.4, 0.5) is 23.4 Å². The molecule has 24 heavy (non-hydrogen) atoms. The van der Waals surface area contributed by atoms with Crippen LogP contribution >= 0.6 is 0 Å². The molecule has 0 spiro atoms. The molecule has 3 nitrogen and oxygen atoms in total. The van der Waals surface area contributed by atoms with Gasteiger partial charge >= 0.3 is 6.18 Å². The van der Waals surface area contributed by atoms with Crippen LogP contribution in [0.3, 0.4) is 0 Å². The van der Waals surface area contributed by atoms with Crippen molar-refractivity contribution in [3.8, 4) is 0 Å². The van der Waals surface area contributed by atoms with Crippen LogP contribution in [-0.2, 0) is 4.79 Å². The first-order chi connectivity index (χ1) is 11.3. The maximum absolute atomic E-state index is 13.3. The van der Waals surface area contributed by atoms with Gasteiger partial charge in [-0.25, -0.2) is 9.37 Å². The molecule has 1 fully saturated rings. The van der Waals surface area contributed by atoms with Crippen LogP contribution in [0.15, 0.2) is 48.7 Å². The van der Waals surface area contributed by atoms with Gasteiger partial charge in [0.2, 0.25) is 5.91 Å². The summed E-state index contributed by atoms with van der Waals surface area (Å²) in [5, 5.41) is 0. The Balaban J connectivity index is 1.80. The fourth-order valence-corrected chi connectivity index (χ4v) is 2.74. The lowest BCUT2D eigenvalue weighted by Crippen LogP contribution is -2.40. The monoisotopic (exact) mass is 338 g/mol. The zero-order chi connectivity index (χ0) is 17.3. The molecule has 1 heterocycles. The van der Waals surface area contributed by atoms with Crippen molar-refractivity contribution in [3.05, 3.63) is 60.0 Å². The van der Waals surface area contributed by atoms with Crippen molar-refractivity contribution >= 4 is 11.7 Å². The summed E-state index contributed by atoms with van der Waals surface area (Å²) in [4.78, 5) is 17.1. The quantitative estimate of drug-likeness (QED) is 0.792. The van der Waals surface area contributed by atoms with Gasteiger partial charge < -0.3 is 0 Å². The van der Waals surface area contributed by atoms with E-state index >= 15 is 0 Å². The predicted octanol–water partition coefficient (Wildman–Crippen LogP) is 3.92. The highest BCUT2D eigenvalue weighted by molar-refractivity contribution is 5.96. The smallest absolute Gasteiger partial charge is 0.287 e. The molecule has 0 radical (unpaired) electrons. The van der Waals surface area contributed by atoms with Gasteiger partial charge in [0.15, 0.2) is 0 Å². The van der Waals surface area contributed by atoms with Crippen molar-refractivity contribution in [1.29, 1.82) is 0 Å². The zero-order valence-electron chi connectivity index (χ0n) is 12.5. The van der Waals surface area contributed by atoms with E-state index in [4.69, 9.17) is 0 Å². The first kappa shape index (κ1) is 16.4. The summed E-state index contributed by atoms with van der Waals surface area (Å²) in [6.45, 7) is -1.39. The molecule has 1 aromatic carbocycles. The van der Waals surface area contributed by atoms with Crippen molar-refractivity contribution in [2.75, 3.05) is 11.4 Å². The van der Waals surface area contributed by atoms with E-state index in [1.807, 2.05) is 0 Å². The Morgan fingerprint density at radius 3 is 2.62 bits per heavy atom. The maximum atomic E-state index is 13.3. The van der Waals surface area contributed by atoms with Gasteiger partial charge in [-0.2, -0.15) is 13.2 Å². The van der Waals surface area contributed by atoms with Gasteiger partial charge in [0.05, 0.1) is 0 Å². The van der Waals surface area contributed by atoms with E-state index in [1.165, 1.54) is 36.5 Å². The van der Waals surface area contributed by atoms with Gasteiger partial charge in [-0.15, -0.1) is 0 Å². The zero-order valence-corrected chi connectivity index (χ0v) is 12.5. The number of pyridine rings is 1. The van der Waals surface area contributed by atoms with Crippen molar-refractivity contribution in [2.45, 2.75) is 18.5 Å². The minimum absolute atomic E-state index is 0.0373. The summed E-state index contributed by atoms with van der Waals surface area (Å²) >= 11 is 0. The lowest BCUT2D eigenvalue weighted by atomic mass is 10.1. The van der Waals surface area contributed by atoms with E-state index in [-0.39, 0.29) is 11.7 Å². The third-order valence-electron chi connectivity index (χ3n) is 3.91. The second-order valence-electron chi connectivity index (χ2n) is 5.73. The molecule has 1 saturated carbocycles. The average Bonchev–Trinajstić information content (AvgIpc) is 3.33. The summed E-state index contributed by atoms with van der Waals surface area (Å²) in [6.07, 6.45) is -2.79. The topological polar surface area (TPSA) is 33.2 Å². The number of carbonyl (C=O) groups is 1. The summed E-state index contributed by atoms with van der Waals surface area (Å²) in [7, 11) is 0. The SMILES string of the molecule is O=C([C@H]1C[C@@H]1c1cccc(F)c1)N(CC(F)(F)F)c1ccccn1. The Kier molecular flexibility index (Phi) is 4.26. The van der Waals surface area contributed by atoms with Crippen LogP contribution in [0.5, 0.6) is 0 Å². The number of hydrogen-bond acceptors (Lipinski definition) is 2. The van der Waals surface area contributed by atoms with Crippen molar-refractivity contribution < 1.29 is 22.4 Å². The molecule has 0 N–H and O–H groups in total. The molecular formula is C17H14F4N2O. The van der Waals surface area contributed by atoms with Gasteiger partial charge in [0.1, 0.15) is 18.2 Å². The summed E-state index contributed by atoms with van der Waals surface area (Å²) in [5.74, 6) is -1.95. The fraction of sp³-hybridized carbons (Fsp3) is 0.294. The minimum Gasteiger partial charge on any atom is -0.287 e. The third kappa shape index (κ3) is 3.72. The number of alkyl halides is 3. The minimum atomic E-state index is -4.53. The molecular weight excluding hydrogens is 324 g/mol. The molecule has 1 aliphatic rings. The normalized spacial score (nSPS) is 19.8. The van der Waals surface area contributed by atoms with E-state index in [0.717, 1.165) is 0 Å². The van der Waals surface area contributed by atoms with Gasteiger partial charge in [0, 0.05) is 12.1 Å². The Hall–Kier alpha value is -2.44. The number of anilines is 1. The molecule has 7 heteroatoms. The average molecular weight is 338 g/mol. The first-order valence-electron chi connectivity index (χ1n) is 7.40. The highest BCUT2D eigenvalue weighted by Gasteiger charge is 2.48. The lowest BCUT2D eigenvalue weighted by Gasteiger charge is -2.23. The summed E-state index contributed by atoms with van der Waals surface area (Å²) < 4.78 is 51.8. The first-order valence-corrected chi connectivity index (χ1v) is 7.40. The molecule has 2 atom stereocenters. The van der Waals surface area contributed by atoms with E-state index in [9.17, 15) is 22.4 Å². The molecule has 1 aliphatic carbocycles. The number of benzene rings is 1. The number of amides is 1. The van der Waals surface area contributed by atoms with Gasteiger partial charge in [-0.05, 0) is 42.2 Å². The molecule has 0 saturated heterocycles. The molecule has 0 bridgehead atoms. The molecule has 126 valence electrons. The highest BCUT2D eigenvalue weighted by Crippen LogP contribution is 2.49. The Bertz CT molecular complexity index is 733. The lowest BCUT2D eigenvalue weighted by molar-refractivity contribution is -0.133. The Morgan fingerprint density at radius 1 is 1.21 bits per heavy atom. The van der Waals surface area contributed by atoms with Crippen molar-refractivity contribution in [1.82, 2.24) is 4.98 Å². The number of hydrogen-bond donors (Lipinski definition) is 0. The fourth-order valence-electron chi connectivity index (χ4n) is 2.74. The Labute approximate surface area is 135 Å². The van der Waals surface area contributed by atoms with E-state index in [2.05, 4.69) is 4.98 Å². The van der Waals surface area contributed by atoms with Gasteiger partial charge in [-0.3, -0.25) is 9.69 Å². The van der Waals surface area contributed by atoms with Crippen LogP contribution in [0, 0.1) is 11.7 Å². The Morgan fingerprint density at radius 2 is 2.00 bits per heavy atom.